The Kier molecular flexibility index (Phi) is 4.47. The first-order valence-electron chi connectivity index (χ1n) is 7.42. The first-order valence-corrected chi connectivity index (χ1v) is 9.52. The number of benzene rings is 2. The summed E-state index contributed by atoms with van der Waals surface area (Å²) in [5, 5.41) is 1.72. The van der Waals surface area contributed by atoms with Gasteiger partial charge in [0.25, 0.3) is 5.91 Å². The molecule has 0 fully saturated rings. The maximum absolute atomic E-state index is 13.0. The molecule has 1 aliphatic rings. The van der Waals surface area contributed by atoms with Gasteiger partial charge < -0.3 is 4.90 Å². The van der Waals surface area contributed by atoms with Crippen molar-refractivity contribution in [3.05, 3.63) is 76.2 Å². The van der Waals surface area contributed by atoms with Crippen LogP contribution in [0, 0.1) is 6.92 Å². The van der Waals surface area contributed by atoms with E-state index in [2.05, 4.69) is 0 Å². The van der Waals surface area contributed by atoms with E-state index in [0.29, 0.717) is 16.3 Å². The van der Waals surface area contributed by atoms with Crippen LogP contribution in [-0.4, -0.2) is 26.1 Å². The lowest BCUT2D eigenvalue weighted by molar-refractivity contribution is 0.0983. The maximum atomic E-state index is 13.0. The van der Waals surface area contributed by atoms with Crippen LogP contribution >= 0.6 is 11.6 Å². The van der Waals surface area contributed by atoms with Crippen molar-refractivity contribution in [1.29, 1.82) is 0 Å². The molecule has 1 amide bonds. The minimum atomic E-state index is -3.28. The van der Waals surface area contributed by atoms with Gasteiger partial charge in [-0.3, -0.25) is 4.79 Å². The summed E-state index contributed by atoms with van der Waals surface area (Å²) in [7, 11) is -3.28. The molecule has 0 saturated carbocycles. The van der Waals surface area contributed by atoms with Crippen LogP contribution in [-0.2, 0) is 9.84 Å². The number of carbonyl (C=O) groups excluding carboxylic acids is 1. The lowest BCUT2D eigenvalue weighted by atomic mass is 10.1. The molecule has 6 heteroatoms. The molecule has 0 bridgehead atoms. The van der Waals surface area contributed by atoms with Crippen LogP contribution in [0.4, 0.5) is 5.69 Å². The van der Waals surface area contributed by atoms with Crippen LogP contribution in [0.15, 0.2) is 60.0 Å². The summed E-state index contributed by atoms with van der Waals surface area (Å²) in [6, 6.07) is 13.5. The topological polar surface area (TPSA) is 54.5 Å². The van der Waals surface area contributed by atoms with Gasteiger partial charge in [0.1, 0.15) is 0 Å². The van der Waals surface area contributed by atoms with E-state index in [0.717, 1.165) is 5.56 Å². The molecule has 0 N–H and O–H groups in total. The summed E-state index contributed by atoms with van der Waals surface area (Å²) in [6.07, 6.45) is 1.55. The highest BCUT2D eigenvalue weighted by atomic mass is 35.5. The van der Waals surface area contributed by atoms with Crippen molar-refractivity contribution < 1.29 is 13.2 Å². The molecule has 124 valence electrons. The summed E-state index contributed by atoms with van der Waals surface area (Å²) >= 11 is 5.92. The number of hydrogen-bond acceptors (Lipinski definition) is 3. The lowest BCUT2D eigenvalue weighted by Gasteiger charge is -2.28. The highest BCUT2D eigenvalue weighted by Crippen LogP contribution is 2.26. The van der Waals surface area contributed by atoms with Crippen molar-refractivity contribution in [3.8, 4) is 0 Å². The van der Waals surface area contributed by atoms with Gasteiger partial charge in [-0.15, -0.1) is 0 Å². The summed E-state index contributed by atoms with van der Waals surface area (Å²) < 4.78 is 23.6. The molecule has 1 aliphatic heterocycles. The van der Waals surface area contributed by atoms with Crippen LogP contribution in [0.3, 0.4) is 0 Å². The minimum Gasteiger partial charge on any atom is -0.300 e. The lowest BCUT2D eigenvalue weighted by Crippen LogP contribution is -2.41. The van der Waals surface area contributed by atoms with Gasteiger partial charge in [-0.05, 0) is 49.4 Å². The van der Waals surface area contributed by atoms with E-state index < -0.39 is 15.9 Å². The normalized spacial score (nSPS) is 18.5. The van der Waals surface area contributed by atoms with Crippen molar-refractivity contribution in [1.82, 2.24) is 0 Å². The molecule has 2 aromatic rings. The molecular formula is C18H16ClNO3S. The van der Waals surface area contributed by atoms with Crippen LogP contribution in [0.1, 0.15) is 15.9 Å². The molecule has 1 heterocycles. The first kappa shape index (κ1) is 16.7. The largest absolute Gasteiger partial charge is 0.300 e. The summed E-state index contributed by atoms with van der Waals surface area (Å²) in [5.41, 5.74) is 2.16. The molecule has 0 aromatic heterocycles. The Labute approximate surface area is 146 Å². The zero-order valence-corrected chi connectivity index (χ0v) is 14.6. The molecule has 3 rings (SSSR count). The number of rotatable bonds is 3. The second-order valence-electron chi connectivity index (χ2n) is 5.74. The highest BCUT2D eigenvalue weighted by Gasteiger charge is 2.31. The number of hydrogen-bond donors (Lipinski definition) is 0. The quantitative estimate of drug-likeness (QED) is 0.839. The Morgan fingerprint density at radius 3 is 2.25 bits per heavy atom. The zero-order valence-electron chi connectivity index (χ0n) is 13.0. The van der Waals surface area contributed by atoms with E-state index in [1.54, 1.807) is 42.5 Å². The zero-order chi connectivity index (χ0) is 17.3. The summed E-state index contributed by atoms with van der Waals surface area (Å²) in [5.74, 6) is -0.364. The number of anilines is 1. The minimum absolute atomic E-state index is 0.118. The van der Waals surface area contributed by atoms with E-state index in [4.69, 9.17) is 11.6 Å². The number of aryl methyl sites for hydroxylation is 1. The molecule has 0 unspecified atom stereocenters. The Morgan fingerprint density at radius 2 is 1.71 bits per heavy atom. The van der Waals surface area contributed by atoms with Crippen molar-refractivity contribution >= 4 is 33.0 Å². The SMILES string of the molecule is Cc1ccc(C(=O)N(c2ccc(Cl)cc2)[C@H]2C=CS(=O)(=O)C2)cc1. The Bertz CT molecular complexity index is 887. The first-order chi connectivity index (χ1) is 11.4. The molecule has 0 aliphatic carbocycles. The standard InChI is InChI=1S/C18H16ClNO3S/c1-13-2-4-14(5-3-13)18(21)20(16-8-6-15(19)7-9-16)17-10-11-24(22,23)12-17/h2-11,17H,12H2,1H3/t17-/m0/s1. The van der Waals surface area contributed by atoms with Gasteiger partial charge in [-0.25, -0.2) is 8.42 Å². The third-order valence-electron chi connectivity index (χ3n) is 3.86. The van der Waals surface area contributed by atoms with E-state index in [1.165, 1.54) is 10.3 Å². The number of halogens is 1. The van der Waals surface area contributed by atoms with Crippen LogP contribution in [0.5, 0.6) is 0 Å². The van der Waals surface area contributed by atoms with Gasteiger partial charge >= 0.3 is 0 Å². The number of sulfone groups is 1. The average molecular weight is 362 g/mol. The maximum Gasteiger partial charge on any atom is 0.258 e. The molecular weight excluding hydrogens is 346 g/mol. The fourth-order valence-corrected chi connectivity index (χ4v) is 4.01. The molecule has 0 spiro atoms. The number of carbonyl (C=O) groups is 1. The molecule has 4 nitrogen and oxygen atoms in total. The average Bonchev–Trinajstić information content (AvgIpc) is 2.90. The fraction of sp³-hybridized carbons (Fsp3) is 0.167. The van der Waals surface area contributed by atoms with Crippen LogP contribution in [0.25, 0.3) is 0 Å². The second-order valence-corrected chi connectivity index (χ2v) is 8.11. The van der Waals surface area contributed by atoms with Crippen molar-refractivity contribution in [3.63, 3.8) is 0 Å². The molecule has 0 saturated heterocycles. The molecule has 24 heavy (non-hydrogen) atoms. The summed E-state index contributed by atoms with van der Waals surface area (Å²) in [4.78, 5) is 14.5. The third kappa shape index (κ3) is 3.52. The highest BCUT2D eigenvalue weighted by molar-refractivity contribution is 7.94. The number of amides is 1. The monoisotopic (exact) mass is 361 g/mol. The van der Waals surface area contributed by atoms with Gasteiger partial charge in [0.05, 0.1) is 11.8 Å². The van der Waals surface area contributed by atoms with E-state index in [-0.39, 0.29) is 11.7 Å². The Morgan fingerprint density at radius 1 is 1.08 bits per heavy atom. The van der Waals surface area contributed by atoms with Crippen LogP contribution in [0.2, 0.25) is 5.02 Å². The van der Waals surface area contributed by atoms with Gasteiger partial charge in [0.2, 0.25) is 0 Å². The van der Waals surface area contributed by atoms with E-state index >= 15 is 0 Å². The van der Waals surface area contributed by atoms with Gasteiger partial charge in [-0.2, -0.15) is 0 Å². The van der Waals surface area contributed by atoms with Crippen molar-refractivity contribution in [2.45, 2.75) is 13.0 Å². The van der Waals surface area contributed by atoms with Gasteiger partial charge in [-0.1, -0.05) is 29.3 Å². The van der Waals surface area contributed by atoms with Gasteiger partial charge in [0, 0.05) is 21.7 Å². The van der Waals surface area contributed by atoms with Crippen molar-refractivity contribution in [2.75, 3.05) is 10.7 Å². The van der Waals surface area contributed by atoms with Gasteiger partial charge in [0.15, 0.2) is 9.84 Å². The molecule has 1 atom stereocenters. The number of nitrogens with zero attached hydrogens (tertiary/aromatic N) is 1. The third-order valence-corrected chi connectivity index (χ3v) is 5.49. The predicted molar refractivity (Wildman–Crippen MR) is 96.2 cm³/mol. The Hall–Kier alpha value is -2.11. The van der Waals surface area contributed by atoms with Crippen molar-refractivity contribution in [2.24, 2.45) is 0 Å². The van der Waals surface area contributed by atoms with E-state index in [1.807, 2.05) is 19.1 Å². The van der Waals surface area contributed by atoms with E-state index in [9.17, 15) is 13.2 Å². The smallest absolute Gasteiger partial charge is 0.258 e. The second kappa shape index (κ2) is 6.42. The molecule has 2 aromatic carbocycles. The van der Waals surface area contributed by atoms with Crippen LogP contribution < -0.4 is 4.90 Å². The predicted octanol–water partition coefficient (Wildman–Crippen LogP) is 3.61. The fourth-order valence-electron chi connectivity index (χ4n) is 2.62. The Balaban J connectivity index is 2.01. The molecule has 0 radical (unpaired) electrons. The summed E-state index contributed by atoms with van der Waals surface area (Å²) in [6.45, 7) is 1.94.